The topological polar surface area (TPSA) is 37.3 Å². The standard InChI is InChI=1S/C7H5BrO2/c8-6-3-1-2-5(4-9)7(6)10/h1-4,10H/i1D,2D,3D. The largest absolute Gasteiger partial charge is 0.506 e. The molecular formula is C7H5BrO2. The summed E-state index contributed by atoms with van der Waals surface area (Å²) < 4.78 is 21.7. The Morgan fingerprint density at radius 3 is 3.00 bits per heavy atom. The monoisotopic (exact) mass is 203 g/mol. The van der Waals surface area contributed by atoms with Gasteiger partial charge in [0.1, 0.15) is 5.75 Å². The minimum Gasteiger partial charge on any atom is -0.506 e. The van der Waals surface area contributed by atoms with Gasteiger partial charge in [-0.25, -0.2) is 0 Å². The van der Waals surface area contributed by atoms with E-state index >= 15 is 0 Å². The Bertz CT molecular complexity index is 349. The van der Waals surface area contributed by atoms with Gasteiger partial charge in [0, 0.05) is 0 Å². The van der Waals surface area contributed by atoms with Crippen molar-refractivity contribution in [3.63, 3.8) is 0 Å². The van der Waals surface area contributed by atoms with E-state index in [-0.39, 0.29) is 22.1 Å². The van der Waals surface area contributed by atoms with Crippen molar-refractivity contribution in [2.45, 2.75) is 0 Å². The Labute approximate surface area is 70.8 Å². The lowest BCUT2D eigenvalue weighted by molar-refractivity contribution is 0.112. The number of phenols is 1. The van der Waals surface area contributed by atoms with Crippen molar-refractivity contribution in [3.05, 3.63) is 28.2 Å². The first-order valence-electron chi connectivity index (χ1n) is 3.94. The lowest BCUT2D eigenvalue weighted by atomic mass is 10.2. The van der Waals surface area contributed by atoms with Crippen molar-refractivity contribution in [1.29, 1.82) is 0 Å². The van der Waals surface area contributed by atoms with Gasteiger partial charge in [-0.3, -0.25) is 4.79 Å². The van der Waals surface area contributed by atoms with Crippen molar-refractivity contribution < 1.29 is 14.0 Å². The van der Waals surface area contributed by atoms with E-state index < -0.39 is 11.8 Å². The zero-order chi connectivity index (χ0) is 10.2. The summed E-state index contributed by atoms with van der Waals surface area (Å²) >= 11 is 2.86. The molecule has 0 atom stereocenters. The van der Waals surface area contributed by atoms with Gasteiger partial charge in [-0.15, -0.1) is 0 Å². The number of benzene rings is 1. The Balaban J connectivity index is 3.66. The first-order valence-corrected chi connectivity index (χ1v) is 3.23. The van der Waals surface area contributed by atoms with E-state index in [0.717, 1.165) is 0 Å². The van der Waals surface area contributed by atoms with Crippen LogP contribution in [-0.4, -0.2) is 11.4 Å². The molecule has 10 heavy (non-hydrogen) atoms. The van der Waals surface area contributed by atoms with Gasteiger partial charge in [0.15, 0.2) is 6.29 Å². The molecule has 0 aromatic heterocycles. The van der Waals surface area contributed by atoms with Gasteiger partial charge in [0.2, 0.25) is 0 Å². The first-order chi connectivity index (χ1) is 6.00. The normalized spacial score (nSPS) is 13.5. The molecule has 0 aliphatic rings. The van der Waals surface area contributed by atoms with Crippen LogP contribution in [0.1, 0.15) is 14.5 Å². The minimum absolute atomic E-state index is 0.0319. The summed E-state index contributed by atoms with van der Waals surface area (Å²) in [5.74, 6) is -0.457. The molecule has 0 amide bonds. The highest BCUT2D eigenvalue weighted by molar-refractivity contribution is 9.10. The zero-order valence-electron chi connectivity index (χ0n) is 7.81. The van der Waals surface area contributed by atoms with E-state index in [9.17, 15) is 9.90 Å². The molecule has 52 valence electrons. The number of phenolic OH excluding ortho intramolecular Hbond substituents is 1. The van der Waals surface area contributed by atoms with Crippen LogP contribution in [0.25, 0.3) is 0 Å². The fourth-order valence-electron chi connectivity index (χ4n) is 0.475. The molecule has 0 aliphatic heterocycles. The maximum Gasteiger partial charge on any atom is 0.153 e. The third-order valence-corrected chi connectivity index (χ3v) is 1.52. The van der Waals surface area contributed by atoms with Gasteiger partial charge >= 0.3 is 0 Å². The SMILES string of the molecule is [2H]c1c([2H])c(Br)c(O)c(C=O)c1[2H]. The number of carbonyl (C=O) groups excluding carboxylic acids is 1. The summed E-state index contributed by atoms with van der Waals surface area (Å²) in [7, 11) is 0. The summed E-state index contributed by atoms with van der Waals surface area (Å²) in [6, 6.07) is -1.11. The number of para-hydroxylation sites is 1. The van der Waals surface area contributed by atoms with Crippen LogP contribution in [0.3, 0.4) is 0 Å². The van der Waals surface area contributed by atoms with Gasteiger partial charge in [0.05, 0.1) is 14.1 Å². The average molecular weight is 204 g/mol. The Morgan fingerprint density at radius 1 is 1.70 bits per heavy atom. The maximum absolute atomic E-state index is 10.4. The molecule has 0 spiro atoms. The van der Waals surface area contributed by atoms with Crippen LogP contribution in [0.15, 0.2) is 22.6 Å². The molecular weight excluding hydrogens is 196 g/mol. The highest BCUT2D eigenvalue weighted by atomic mass is 79.9. The van der Waals surface area contributed by atoms with E-state index in [0.29, 0.717) is 6.29 Å². The highest BCUT2D eigenvalue weighted by Crippen LogP contribution is 2.25. The van der Waals surface area contributed by atoms with Gasteiger partial charge < -0.3 is 5.11 Å². The molecule has 0 saturated heterocycles. The van der Waals surface area contributed by atoms with E-state index in [1.165, 1.54) is 0 Å². The zero-order valence-corrected chi connectivity index (χ0v) is 6.40. The van der Waals surface area contributed by atoms with Gasteiger partial charge in [0.25, 0.3) is 0 Å². The van der Waals surface area contributed by atoms with Crippen LogP contribution in [-0.2, 0) is 0 Å². The summed E-state index contributed by atoms with van der Waals surface area (Å²) in [5, 5.41) is 9.28. The van der Waals surface area contributed by atoms with Crippen molar-refractivity contribution in [1.82, 2.24) is 0 Å². The molecule has 0 bridgehead atoms. The van der Waals surface area contributed by atoms with E-state index in [1.807, 2.05) is 0 Å². The Morgan fingerprint density at radius 2 is 2.40 bits per heavy atom. The molecule has 0 aliphatic carbocycles. The van der Waals surface area contributed by atoms with Crippen LogP contribution in [0.5, 0.6) is 5.75 Å². The number of rotatable bonds is 1. The lowest BCUT2D eigenvalue weighted by Crippen LogP contribution is -1.79. The van der Waals surface area contributed by atoms with Crippen LogP contribution >= 0.6 is 15.9 Å². The molecule has 0 saturated carbocycles. The van der Waals surface area contributed by atoms with Crippen molar-refractivity contribution in [2.75, 3.05) is 0 Å². The van der Waals surface area contributed by atoms with Crippen LogP contribution in [0.2, 0.25) is 0 Å². The molecule has 1 aromatic rings. The summed E-state index contributed by atoms with van der Waals surface area (Å²) in [4.78, 5) is 10.4. The molecule has 0 heterocycles. The summed E-state index contributed by atoms with van der Waals surface area (Å²) in [6.07, 6.45) is 0.292. The van der Waals surface area contributed by atoms with Crippen LogP contribution in [0.4, 0.5) is 0 Å². The van der Waals surface area contributed by atoms with Crippen LogP contribution in [0, 0.1) is 0 Å². The fraction of sp³-hybridized carbons (Fsp3) is 0. The van der Waals surface area contributed by atoms with Crippen molar-refractivity contribution in [2.24, 2.45) is 0 Å². The summed E-state index contributed by atoms with van der Waals surface area (Å²) in [5.41, 5.74) is -0.270. The fourth-order valence-corrected chi connectivity index (χ4v) is 0.788. The molecule has 1 rings (SSSR count). The second kappa shape index (κ2) is 2.84. The molecule has 1 N–H and O–H groups in total. The van der Waals surface area contributed by atoms with Gasteiger partial charge in [-0.1, -0.05) is 6.04 Å². The average Bonchev–Trinajstić information content (AvgIpc) is 2.13. The molecule has 3 heteroatoms. The van der Waals surface area contributed by atoms with Crippen molar-refractivity contribution in [3.8, 4) is 5.75 Å². The lowest BCUT2D eigenvalue weighted by Gasteiger charge is -1.96. The molecule has 0 fully saturated rings. The van der Waals surface area contributed by atoms with Crippen molar-refractivity contribution >= 4 is 22.2 Å². The molecule has 2 nitrogen and oxygen atoms in total. The van der Waals surface area contributed by atoms with E-state index in [4.69, 9.17) is 4.11 Å². The Kier molecular flexibility index (Phi) is 1.17. The minimum atomic E-state index is -0.457. The van der Waals surface area contributed by atoms with E-state index in [2.05, 4.69) is 15.9 Å². The Hall–Kier alpha value is -0.830. The number of hydrogen-bond donors (Lipinski definition) is 1. The number of hydrogen-bond acceptors (Lipinski definition) is 2. The maximum atomic E-state index is 10.4. The smallest absolute Gasteiger partial charge is 0.153 e. The highest BCUT2D eigenvalue weighted by Gasteiger charge is 2.01. The number of aromatic hydroxyl groups is 1. The predicted molar refractivity (Wildman–Crippen MR) is 41.2 cm³/mol. The first kappa shape index (κ1) is 4.13. The predicted octanol–water partition coefficient (Wildman–Crippen LogP) is 1.97. The molecule has 1 aromatic carbocycles. The van der Waals surface area contributed by atoms with Crippen LogP contribution < -0.4 is 0 Å². The van der Waals surface area contributed by atoms with E-state index in [1.54, 1.807) is 0 Å². The number of aldehydes is 1. The molecule has 0 unspecified atom stereocenters. The number of carbonyl (C=O) groups is 1. The van der Waals surface area contributed by atoms with Gasteiger partial charge in [-0.05, 0) is 28.0 Å². The summed E-state index contributed by atoms with van der Waals surface area (Å²) in [6.45, 7) is 0. The second-order valence-electron chi connectivity index (χ2n) is 1.57. The number of halogens is 1. The quantitative estimate of drug-likeness (QED) is 0.710. The third kappa shape index (κ3) is 1.19. The second-order valence-corrected chi connectivity index (χ2v) is 2.36. The van der Waals surface area contributed by atoms with Gasteiger partial charge in [-0.2, -0.15) is 0 Å². The molecule has 0 radical (unpaired) electrons. The third-order valence-electron chi connectivity index (χ3n) is 0.950.